The molecular formula is C14H20ClN5O4. The van der Waals surface area contributed by atoms with Crippen molar-refractivity contribution in [2.75, 3.05) is 6.54 Å². The quantitative estimate of drug-likeness (QED) is 0.268. The Bertz CT molecular complexity index is 592. The van der Waals surface area contributed by atoms with E-state index in [4.69, 9.17) is 21.1 Å². The number of unbranched alkanes of at least 4 members (excludes halogenated alkanes) is 1. The maximum atomic E-state index is 11.5. The predicted octanol–water partition coefficient (Wildman–Crippen LogP) is 2.86. The van der Waals surface area contributed by atoms with Gasteiger partial charge in [-0.25, -0.2) is 4.79 Å². The van der Waals surface area contributed by atoms with Gasteiger partial charge in [0.25, 0.3) is 0 Å². The average molecular weight is 358 g/mol. The fourth-order valence-corrected chi connectivity index (χ4v) is 1.78. The van der Waals surface area contributed by atoms with Crippen molar-refractivity contribution in [2.45, 2.75) is 31.9 Å². The fourth-order valence-electron chi connectivity index (χ4n) is 1.78. The van der Waals surface area contributed by atoms with E-state index in [0.29, 0.717) is 37.1 Å². The number of rotatable bonds is 9. The molecule has 0 aliphatic carbocycles. The van der Waals surface area contributed by atoms with Crippen LogP contribution in [0.3, 0.4) is 0 Å². The minimum atomic E-state index is -1.03. The molecule has 1 atom stereocenters. The van der Waals surface area contributed by atoms with E-state index in [9.17, 15) is 9.59 Å². The van der Waals surface area contributed by atoms with Gasteiger partial charge in [0.05, 0.1) is 0 Å². The Balaban J connectivity index is 0.00000529. The standard InChI is InChI=1S/C14H19N5O4.ClH/c15-11(13(20)21)6-3-4-8-17-14(22)23-9-10-5-1-2-7-12(10)18-19-16;/h1-2,5,7,11H,3-4,6,8-9,15H2,(H,17,22)(H,20,21);1H/t11-;/m0./s1. The summed E-state index contributed by atoms with van der Waals surface area (Å²) in [5.74, 6) is -1.03. The number of carbonyl (C=O) groups is 2. The van der Waals surface area contributed by atoms with Crippen LogP contribution in [0.4, 0.5) is 10.5 Å². The largest absolute Gasteiger partial charge is 0.480 e. The van der Waals surface area contributed by atoms with Crippen molar-refractivity contribution >= 4 is 30.2 Å². The van der Waals surface area contributed by atoms with Crippen LogP contribution < -0.4 is 11.1 Å². The molecule has 0 saturated heterocycles. The highest BCUT2D eigenvalue weighted by Gasteiger charge is 2.10. The SMILES string of the molecule is Cl.[N-]=[N+]=Nc1ccccc1COC(=O)NCCCC[C@H](N)C(=O)O. The molecule has 24 heavy (non-hydrogen) atoms. The molecule has 10 heteroatoms. The molecule has 1 rings (SSSR count). The molecule has 0 radical (unpaired) electrons. The summed E-state index contributed by atoms with van der Waals surface area (Å²) in [6.45, 7) is 0.355. The van der Waals surface area contributed by atoms with Gasteiger partial charge in [0, 0.05) is 17.1 Å². The molecule has 9 nitrogen and oxygen atoms in total. The summed E-state index contributed by atoms with van der Waals surface area (Å²) >= 11 is 0. The monoisotopic (exact) mass is 357 g/mol. The first-order chi connectivity index (χ1) is 11.0. The number of nitrogens with two attached hydrogens (primary N) is 1. The van der Waals surface area contributed by atoms with Crippen molar-refractivity contribution in [3.8, 4) is 0 Å². The Morgan fingerprint density at radius 3 is 2.75 bits per heavy atom. The second-order valence-corrected chi connectivity index (χ2v) is 4.76. The van der Waals surface area contributed by atoms with E-state index in [1.807, 2.05) is 0 Å². The van der Waals surface area contributed by atoms with Gasteiger partial charge in [-0.05, 0) is 30.4 Å². The number of carboxylic acids is 1. The van der Waals surface area contributed by atoms with E-state index in [0.717, 1.165) is 0 Å². The van der Waals surface area contributed by atoms with Crippen molar-refractivity contribution in [1.82, 2.24) is 5.32 Å². The second-order valence-electron chi connectivity index (χ2n) is 4.76. The Morgan fingerprint density at radius 2 is 2.08 bits per heavy atom. The van der Waals surface area contributed by atoms with Crippen LogP contribution in [0.25, 0.3) is 10.4 Å². The van der Waals surface area contributed by atoms with Gasteiger partial charge in [-0.2, -0.15) is 0 Å². The highest BCUT2D eigenvalue weighted by molar-refractivity contribution is 5.85. The molecule has 0 unspecified atom stereocenters. The normalized spacial score (nSPS) is 10.7. The predicted molar refractivity (Wildman–Crippen MR) is 90.1 cm³/mol. The van der Waals surface area contributed by atoms with E-state index in [2.05, 4.69) is 15.3 Å². The lowest BCUT2D eigenvalue weighted by Crippen LogP contribution is -2.30. The molecule has 1 aromatic rings. The molecule has 0 heterocycles. The number of carboxylic acid groups (broad SMARTS) is 1. The molecule has 0 saturated carbocycles. The molecule has 4 N–H and O–H groups in total. The van der Waals surface area contributed by atoms with Gasteiger partial charge in [-0.3, -0.25) is 4.79 Å². The van der Waals surface area contributed by atoms with Crippen LogP contribution in [-0.4, -0.2) is 29.8 Å². The van der Waals surface area contributed by atoms with Crippen LogP contribution in [-0.2, 0) is 16.1 Å². The molecule has 1 amide bonds. The van der Waals surface area contributed by atoms with Gasteiger partial charge in [-0.15, -0.1) is 12.4 Å². The third-order valence-corrected chi connectivity index (χ3v) is 3.03. The van der Waals surface area contributed by atoms with Crippen molar-refractivity contribution in [2.24, 2.45) is 10.8 Å². The maximum absolute atomic E-state index is 11.5. The summed E-state index contributed by atoms with van der Waals surface area (Å²) in [6, 6.07) is 5.92. The number of aliphatic carboxylic acids is 1. The van der Waals surface area contributed by atoms with Crippen LogP contribution >= 0.6 is 12.4 Å². The number of carbonyl (C=O) groups excluding carboxylic acids is 1. The zero-order valence-electron chi connectivity index (χ0n) is 12.9. The third-order valence-electron chi connectivity index (χ3n) is 3.03. The lowest BCUT2D eigenvalue weighted by molar-refractivity contribution is -0.138. The van der Waals surface area contributed by atoms with E-state index in [1.54, 1.807) is 24.3 Å². The lowest BCUT2D eigenvalue weighted by Gasteiger charge is -2.09. The van der Waals surface area contributed by atoms with Crippen molar-refractivity contribution < 1.29 is 19.4 Å². The van der Waals surface area contributed by atoms with Gasteiger partial charge in [0.15, 0.2) is 0 Å². The molecule has 0 aromatic heterocycles. The molecule has 0 fully saturated rings. The van der Waals surface area contributed by atoms with Crippen LogP contribution in [0, 0.1) is 0 Å². The number of alkyl carbamates (subject to hydrolysis) is 1. The number of azide groups is 1. The molecule has 1 aromatic carbocycles. The molecule has 0 aliphatic heterocycles. The molecular weight excluding hydrogens is 338 g/mol. The van der Waals surface area contributed by atoms with Crippen LogP contribution in [0.15, 0.2) is 29.4 Å². The second kappa shape index (κ2) is 12.0. The first kappa shape index (κ1) is 21.5. The summed E-state index contributed by atoms with van der Waals surface area (Å²) < 4.78 is 5.03. The van der Waals surface area contributed by atoms with E-state index >= 15 is 0 Å². The van der Waals surface area contributed by atoms with E-state index in [-0.39, 0.29) is 19.0 Å². The fraction of sp³-hybridized carbons (Fsp3) is 0.429. The summed E-state index contributed by atoms with van der Waals surface area (Å²) in [5, 5.41) is 14.7. The number of nitrogens with zero attached hydrogens (tertiary/aromatic N) is 3. The van der Waals surface area contributed by atoms with E-state index in [1.165, 1.54) is 0 Å². The van der Waals surface area contributed by atoms with Crippen molar-refractivity contribution in [1.29, 1.82) is 0 Å². The van der Waals surface area contributed by atoms with Gasteiger partial charge >= 0.3 is 12.1 Å². The Morgan fingerprint density at radius 1 is 1.38 bits per heavy atom. The zero-order valence-corrected chi connectivity index (χ0v) is 13.7. The Labute approximate surface area is 145 Å². The molecule has 0 aliphatic rings. The van der Waals surface area contributed by atoms with Gasteiger partial charge in [0.1, 0.15) is 12.6 Å². The Kier molecular flexibility index (Phi) is 10.8. The summed E-state index contributed by atoms with van der Waals surface area (Å²) in [4.78, 5) is 24.8. The minimum absolute atomic E-state index is 0. The molecule has 0 bridgehead atoms. The summed E-state index contributed by atoms with van der Waals surface area (Å²) in [5.41, 5.74) is 14.8. The van der Waals surface area contributed by atoms with Gasteiger partial charge in [0.2, 0.25) is 0 Å². The van der Waals surface area contributed by atoms with Crippen LogP contribution in [0.2, 0.25) is 0 Å². The molecule has 0 spiro atoms. The first-order valence-corrected chi connectivity index (χ1v) is 7.06. The Hall–Kier alpha value is -2.48. The highest BCUT2D eigenvalue weighted by Crippen LogP contribution is 2.19. The number of nitrogens with one attached hydrogen (secondary N) is 1. The zero-order chi connectivity index (χ0) is 17.1. The maximum Gasteiger partial charge on any atom is 0.407 e. The highest BCUT2D eigenvalue weighted by atomic mass is 35.5. The van der Waals surface area contributed by atoms with Gasteiger partial charge < -0.3 is 20.9 Å². The number of halogens is 1. The summed E-state index contributed by atoms with van der Waals surface area (Å²) in [6.07, 6.45) is 0.952. The van der Waals surface area contributed by atoms with Crippen LogP contribution in [0.5, 0.6) is 0 Å². The number of hydrogen-bond acceptors (Lipinski definition) is 5. The number of amides is 1. The van der Waals surface area contributed by atoms with E-state index < -0.39 is 18.1 Å². The number of ether oxygens (including phenoxy) is 1. The van der Waals surface area contributed by atoms with Crippen LogP contribution in [0.1, 0.15) is 24.8 Å². The smallest absolute Gasteiger partial charge is 0.407 e. The first-order valence-electron chi connectivity index (χ1n) is 7.06. The number of hydrogen-bond donors (Lipinski definition) is 3. The minimum Gasteiger partial charge on any atom is -0.480 e. The van der Waals surface area contributed by atoms with Crippen molar-refractivity contribution in [3.05, 3.63) is 40.3 Å². The average Bonchev–Trinajstić information content (AvgIpc) is 2.53. The van der Waals surface area contributed by atoms with Gasteiger partial charge in [-0.1, -0.05) is 29.4 Å². The summed E-state index contributed by atoms with van der Waals surface area (Å²) in [7, 11) is 0. The number of benzene rings is 1. The third kappa shape index (κ3) is 8.23. The topological polar surface area (TPSA) is 150 Å². The molecule has 132 valence electrons. The lowest BCUT2D eigenvalue weighted by atomic mass is 10.1. The van der Waals surface area contributed by atoms with Crippen molar-refractivity contribution in [3.63, 3.8) is 0 Å².